The average molecular weight is 459 g/mol. The lowest BCUT2D eigenvalue weighted by Gasteiger charge is -2.13. The predicted octanol–water partition coefficient (Wildman–Crippen LogP) is 3.16. The molecule has 0 saturated heterocycles. The fourth-order valence-corrected chi connectivity index (χ4v) is 3.43. The SMILES string of the molecule is COCCOc1cc([N+](=O)[O-])c(C(=O)Nc2ccc(Sc3nncn3C)cc2)cc1OC. The summed E-state index contributed by atoms with van der Waals surface area (Å²) in [6.07, 6.45) is 1.60. The highest BCUT2D eigenvalue weighted by Crippen LogP contribution is 2.35. The zero-order valence-corrected chi connectivity index (χ0v) is 18.4. The third-order valence-electron chi connectivity index (χ3n) is 4.26. The van der Waals surface area contributed by atoms with Gasteiger partial charge in [-0.05, 0) is 36.0 Å². The molecule has 1 aromatic heterocycles. The van der Waals surface area contributed by atoms with Crippen LogP contribution in [0.1, 0.15) is 10.4 Å². The van der Waals surface area contributed by atoms with Gasteiger partial charge >= 0.3 is 0 Å². The maximum Gasteiger partial charge on any atom is 0.286 e. The molecule has 1 heterocycles. The minimum Gasteiger partial charge on any atom is -0.493 e. The topological polar surface area (TPSA) is 131 Å². The molecule has 1 N–H and O–H groups in total. The van der Waals surface area contributed by atoms with Crippen LogP contribution in [0.5, 0.6) is 11.5 Å². The van der Waals surface area contributed by atoms with Crippen molar-refractivity contribution in [2.24, 2.45) is 7.05 Å². The lowest BCUT2D eigenvalue weighted by Crippen LogP contribution is -2.15. The Morgan fingerprint density at radius 3 is 2.53 bits per heavy atom. The lowest BCUT2D eigenvalue weighted by molar-refractivity contribution is -0.385. The summed E-state index contributed by atoms with van der Waals surface area (Å²) in [6, 6.07) is 9.45. The van der Waals surface area contributed by atoms with E-state index in [4.69, 9.17) is 14.2 Å². The van der Waals surface area contributed by atoms with E-state index in [-0.39, 0.29) is 23.7 Å². The zero-order valence-electron chi connectivity index (χ0n) is 17.6. The molecule has 0 bridgehead atoms. The molecular weight excluding hydrogens is 438 g/mol. The number of nitrogens with one attached hydrogen (secondary N) is 1. The Morgan fingerprint density at radius 2 is 1.94 bits per heavy atom. The van der Waals surface area contributed by atoms with Crippen molar-refractivity contribution in [2.45, 2.75) is 10.1 Å². The number of ether oxygens (including phenoxy) is 3. The van der Waals surface area contributed by atoms with Gasteiger partial charge in [0, 0.05) is 30.8 Å². The van der Waals surface area contributed by atoms with Crippen molar-refractivity contribution in [2.75, 3.05) is 32.8 Å². The second-order valence-electron chi connectivity index (χ2n) is 6.42. The van der Waals surface area contributed by atoms with Crippen LogP contribution < -0.4 is 14.8 Å². The van der Waals surface area contributed by atoms with Crippen LogP contribution in [0.2, 0.25) is 0 Å². The monoisotopic (exact) mass is 459 g/mol. The number of hydrogen-bond donors (Lipinski definition) is 1. The molecule has 32 heavy (non-hydrogen) atoms. The Balaban J connectivity index is 1.78. The van der Waals surface area contributed by atoms with Crippen molar-refractivity contribution in [3.05, 3.63) is 58.4 Å². The number of carbonyl (C=O) groups excluding carboxylic acids is 1. The molecule has 0 aliphatic carbocycles. The second kappa shape index (κ2) is 10.6. The number of hydrogen-bond acceptors (Lipinski definition) is 9. The molecule has 0 aliphatic rings. The van der Waals surface area contributed by atoms with Gasteiger partial charge in [0.1, 0.15) is 18.5 Å². The number of aryl methyl sites for hydroxylation is 1. The number of amides is 1. The van der Waals surface area contributed by atoms with E-state index in [1.807, 2.05) is 7.05 Å². The molecule has 168 valence electrons. The third kappa shape index (κ3) is 5.53. The summed E-state index contributed by atoms with van der Waals surface area (Å²) < 4.78 is 17.4. The predicted molar refractivity (Wildman–Crippen MR) is 117 cm³/mol. The quantitative estimate of drug-likeness (QED) is 0.276. The fraction of sp³-hybridized carbons (Fsp3) is 0.250. The Labute approximate surface area is 187 Å². The maximum atomic E-state index is 12.8. The van der Waals surface area contributed by atoms with Crippen molar-refractivity contribution in [3.63, 3.8) is 0 Å². The maximum absolute atomic E-state index is 12.8. The smallest absolute Gasteiger partial charge is 0.286 e. The molecule has 0 fully saturated rings. The number of nitro groups is 1. The first kappa shape index (κ1) is 23.0. The first-order valence-electron chi connectivity index (χ1n) is 9.34. The van der Waals surface area contributed by atoms with Gasteiger partial charge < -0.3 is 24.1 Å². The Morgan fingerprint density at radius 1 is 1.19 bits per heavy atom. The Kier molecular flexibility index (Phi) is 7.63. The van der Waals surface area contributed by atoms with Crippen LogP contribution in [0.15, 0.2) is 52.8 Å². The standard InChI is InChI=1S/C20H21N5O6S/c1-24-12-21-23-20(24)32-14-6-4-13(5-7-14)22-19(26)15-10-17(30-3)18(31-9-8-29-2)11-16(15)25(27)28/h4-7,10-12H,8-9H2,1-3H3,(H,22,26). The van der Waals surface area contributed by atoms with Gasteiger partial charge in [0.15, 0.2) is 16.7 Å². The molecule has 0 spiro atoms. The van der Waals surface area contributed by atoms with Crippen molar-refractivity contribution in [1.82, 2.24) is 14.8 Å². The number of nitro benzene ring substituents is 1. The fourth-order valence-electron chi connectivity index (χ4n) is 2.66. The van der Waals surface area contributed by atoms with E-state index in [0.717, 1.165) is 10.1 Å². The van der Waals surface area contributed by atoms with Gasteiger partial charge in [0.05, 0.1) is 24.7 Å². The molecule has 12 heteroatoms. The number of benzene rings is 2. The molecule has 3 aromatic rings. The number of rotatable bonds is 10. The third-order valence-corrected chi connectivity index (χ3v) is 5.32. The number of carbonyl (C=O) groups is 1. The van der Waals surface area contributed by atoms with Crippen LogP contribution in [0.4, 0.5) is 11.4 Å². The minimum atomic E-state index is -0.646. The van der Waals surface area contributed by atoms with Gasteiger partial charge in [-0.15, -0.1) is 10.2 Å². The summed E-state index contributed by atoms with van der Waals surface area (Å²) in [5.41, 5.74) is -0.0698. The molecular formula is C20H21N5O6S. The van der Waals surface area contributed by atoms with Crippen molar-refractivity contribution in [1.29, 1.82) is 0 Å². The summed E-state index contributed by atoms with van der Waals surface area (Å²) in [5.74, 6) is -0.294. The van der Waals surface area contributed by atoms with Crippen molar-refractivity contribution in [3.8, 4) is 11.5 Å². The van der Waals surface area contributed by atoms with Crippen molar-refractivity contribution >= 4 is 29.0 Å². The second-order valence-corrected chi connectivity index (χ2v) is 7.46. The van der Waals surface area contributed by atoms with Crippen LogP contribution in [-0.4, -0.2) is 53.0 Å². The minimum absolute atomic E-state index is 0.150. The summed E-state index contributed by atoms with van der Waals surface area (Å²) in [6.45, 7) is 0.471. The average Bonchev–Trinajstić information content (AvgIpc) is 3.19. The molecule has 0 aliphatic heterocycles. The normalized spacial score (nSPS) is 10.6. The largest absolute Gasteiger partial charge is 0.493 e. The van der Waals surface area contributed by atoms with Crippen LogP contribution in [0.25, 0.3) is 0 Å². The molecule has 2 aromatic carbocycles. The zero-order chi connectivity index (χ0) is 23.1. The lowest BCUT2D eigenvalue weighted by atomic mass is 10.1. The van der Waals surface area contributed by atoms with Gasteiger partial charge in [0.2, 0.25) is 0 Å². The Bertz CT molecular complexity index is 1100. The van der Waals surface area contributed by atoms with Crippen molar-refractivity contribution < 1.29 is 23.9 Å². The molecule has 0 unspecified atom stereocenters. The molecule has 1 amide bonds. The summed E-state index contributed by atoms with van der Waals surface area (Å²) >= 11 is 1.41. The van der Waals surface area contributed by atoms with Crippen LogP contribution in [-0.2, 0) is 11.8 Å². The van der Waals surface area contributed by atoms with Gasteiger partial charge in [0.25, 0.3) is 11.6 Å². The van der Waals surface area contributed by atoms with E-state index in [0.29, 0.717) is 12.3 Å². The first-order valence-corrected chi connectivity index (χ1v) is 10.2. The highest BCUT2D eigenvalue weighted by atomic mass is 32.2. The summed E-state index contributed by atoms with van der Waals surface area (Å²) in [5, 5.41) is 22.8. The number of methoxy groups -OCH3 is 2. The summed E-state index contributed by atoms with van der Waals surface area (Å²) in [7, 11) is 4.74. The number of anilines is 1. The van der Waals surface area contributed by atoms with Gasteiger partial charge in [-0.3, -0.25) is 14.9 Å². The summed E-state index contributed by atoms with van der Waals surface area (Å²) in [4.78, 5) is 24.6. The number of nitrogens with zero attached hydrogens (tertiary/aromatic N) is 4. The first-order chi connectivity index (χ1) is 15.4. The van der Waals surface area contributed by atoms with Gasteiger partial charge in [-0.1, -0.05) is 0 Å². The molecule has 0 atom stereocenters. The van der Waals surface area contributed by atoms with E-state index >= 15 is 0 Å². The van der Waals surface area contributed by atoms with E-state index < -0.39 is 16.5 Å². The number of aromatic nitrogens is 3. The van der Waals surface area contributed by atoms with E-state index in [1.54, 1.807) is 35.2 Å². The van der Waals surface area contributed by atoms with Crippen LogP contribution in [0, 0.1) is 10.1 Å². The van der Waals surface area contributed by atoms with Gasteiger partial charge in [-0.2, -0.15) is 0 Å². The van der Waals surface area contributed by atoms with Gasteiger partial charge in [-0.25, -0.2) is 0 Å². The highest BCUT2D eigenvalue weighted by Gasteiger charge is 2.25. The van der Waals surface area contributed by atoms with E-state index in [9.17, 15) is 14.9 Å². The molecule has 3 rings (SSSR count). The van der Waals surface area contributed by atoms with Crippen LogP contribution in [0.3, 0.4) is 0 Å². The molecule has 0 saturated carbocycles. The van der Waals surface area contributed by atoms with Crippen LogP contribution >= 0.6 is 11.8 Å². The highest BCUT2D eigenvalue weighted by molar-refractivity contribution is 7.99. The van der Waals surface area contributed by atoms with E-state index in [1.165, 1.54) is 38.1 Å². The Hall–Kier alpha value is -3.64. The van der Waals surface area contributed by atoms with E-state index in [2.05, 4.69) is 15.5 Å². The molecule has 0 radical (unpaired) electrons. The molecule has 11 nitrogen and oxygen atoms in total.